The molecule has 3 aromatic rings. The number of benzene rings is 2. The van der Waals surface area contributed by atoms with E-state index in [1.54, 1.807) is 49.4 Å². The molecule has 0 radical (unpaired) electrons. The number of sulfonamides is 1. The lowest BCUT2D eigenvalue weighted by atomic mass is 10.1. The first kappa shape index (κ1) is 19.9. The van der Waals surface area contributed by atoms with Crippen LogP contribution in [0.2, 0.25) is 0 Å². The number of rotatable bonds is 8. The predicted octanol–water partition coefficient (Wildman–Crippen LogP) is 3.21. The Bertz CT molecular complexity index is 1090. The van der Waals surface area contributed by atoms with Crippen LogP contribution in [0.1, 0.15) is 23.8 Å². The Hall–Kier alpha value is -2.84. The lowest BCUT2D eigenvalue weighted by Crippen LogP contribution is -2.24. The average molecular weight is 403 g/mol. The summed E-state index contributed by atoms with van der Waals surface area (Å²) < 4.78 is 38.6. The second-order valence-electron chi connectivity index (χ2n) is 6.43. The van der Waals surface area contributed by atoms with E-state index in [-0.39, 0.29) is 12.3 Å². The second kappa shape index (κ2) is 8.04. The highest BCUT2D eigenvalue weighted by Gasteiger charge is 2.20. The molecule has 0 fully saturated rings. The number of carbonyl (C=O) groups is 1. The van der Waals surface area contributed by atoms with Gasteiger partial charge in [0.1, 0.15) is 5.76 Å². The van der Waals surface area contributed by atoms with E-state index in [1.165, 1.54) is 6.92 Å². The number of nitrogens with one attached hydrogen (secondary N) is 1. The Kier molecular flexibility index (Phi) is 5.71. The molecule has 1 aromatic heterocycles. The fourth-order valence-corrected chi connectivity index (χ4v) is 3.94. The van der Waals surface area contributed by atoms with E-state index >= 15 is 0 Å². The molecule has 0 aliphatic heterocycles. The summed E-state index contributed by atoms with van der Waals surface area (Å²) in [5.41, 5.74) is 1.77. The average Bonchev–Trinajstić information content (AvgIpc) is 2.97. The van der Waals surface area contributed by atoms with Gasteiger partial charge in [0.15, 0.2) is 17.4 Å². The first-order valence-electron chi connectivity index (χ1n) is 8.68. The third-order valence-electron chi connectivity index (χ3n) is 4.30. The molecule has 0 bridgehead atoms. The smallest absolute Gasteiger partial charge is 0.344 e. The molecule has 0 saturated carbocycles. The topological polar surface area (TPSA) is 106 Å². The number of aryl methyl sites for hydroxylation is 1. The SMILES string of the molecule is Cc1oc2c(OC(C)C(=O)O)cccc2c1CNS(=O)(=O)Cc1ccccc1. The van der Waals surface area contributed by atoms with Gasteiger partial charge in [-0.25, -0.2) is 17.9 Å². The molecule has 0 aliphatic carbocycles. The maximum absolute atomic E-state index is 12.4. The molecule has 3 rings (SSSR count). The van der Waals surface area contributed by atoms with Crippen molar-refractivity contribution in [3.63, 3.8) is 0 Å². The van der Waals surface area contributed by atoms with Gasteiger partial charge < -0.3 is 14.3 Å². The van der Waals surface area contributed by atoms with Gasteiger partial charge in [0.25, 0.3) is 0 Å². The Morgan fingerprint density at radius 2 is 1.89 bits per heavy atom. The van der Waals surface area contributed by atoms with Gasteiger partial charge in [0.2, 0.25) is 10.0 Å². The molecular formula is C20H21NO6S. The van der Waals surface area contributed by atoms with Crippen LogP contribution in [0, 0.1) is 6.92 Å². The molecule has 1 atom stereocenters. The van der Waals surface area contributed by atoms with E-state index in [0.29, 0.717) is 33.6 Å². The van der Waals surface area contributed by atoms with Crippen molar-refractivity contribution < 1.29 is 27.5 Å². The molecule has 1 unspecified atom stereocenters. The molecule has 7 nitrogen and oxygen atoms in total. The van der Waals surface area contributed by atoms with Crippen molar-refractivity contribution in [3.8, 4) is 5.75 Å². The zero-order valence-electron chi connectivity index (χ0n) is 15.5. The number of hydrogen-bond donors (Lipinski definition) is 2. The van der Waals surface area contributed by atoms with Crippen molar-refractivity contribution in [1.82, 2.24) is 4.72 Å². The van der Waals surface area contributed by atoms with Gasteiger partial charge in [-0.1, -0.05) is 42.5 Å². The van der Waals surface area contributed by atoms with Gasteiger partial charge in [-0.05, 0) is 25.5 Å². The van der Waals surface area contributed by atoms with Crippen LogP contribution in [-0.4, -0.2) is 25.6 Å². The minimum Gasteiger partial charge on any atom is -0.479 e. The van der Waals surface area contributed by atoms with Crippen molar-refractivity contribution in [2.24, 2.45) is 0 Å². The highest BCUT2D eigenvalue weighted by Crippen LogP contribution is 2.33. The third kappa shape index (κ3) is 4.52. The fraction of sp³-hybridized carbons (Fsp3) is 0.250. The lowest BCUT2D eigenvalue weighted by molar-refractivity contribution is -0.144. The number of hydrogen-bond acceptors (Lipinski definition) is 5. The van der Waals surface area contributed by atoms with E-state index in [1.807, 2.05) is 6.07 Å². The lowest BCUT2D eigenvalue weighted by Gasteiger charge is -2.10. The highest BCUT2D eigenvalue weighted by molar-refractivity contribution is 7.88. The number of ether oxygens (including phenoxy) is 1. The molecule has 0 amide bonds. The monoisotopic (exact) mass is 403 g/mol. The van der Waals surface area contributed by atoms with Gasteiger partial charge in [0, 0.05) is 17.5 Å². The molecule has 0 spiro atoms. The first-order chi connectivity index (χ1) is 13.3. The van der Waals surface area contributed by atoms with Crippen molar-refractivity contribution >= 4 is 27.0 Å². The maximum atomic E-state index is 12.4. The minimum atomic E-state index is -3.54. The van der Waals surface area contributed by atoms with E-state index in [9.17, 15) is 13.2 Å². The Morgan fingerprint density at radius 3 is 2.57 bits per heavy atom. The standard InChI is InChI=1S/C20H21NO6S/c1-13-17(11-21-28(24,25)12-15-7-4-3-5-8-15)16-9-6-10-18(19(16)27-13)26-14(2)20(22)23/h3-10,14,21H,11-12H2,1-2H3,(H,22,23). The molecular weight excluding hydrogens is 382 g/mol. The summed E-state index contributed by atoms with van der Waals surface area (Å²) in [6.07, 6.45) is -1.04. The predicted molar refractivity (Wildman–Crippen MR) is 105 cm³/mol. The Labute approximate surface area is 163 Å². The van der Waals surface area contributed by atoms with Gasteiger partial charge in [-0.2, -0.15) is 0 Å². The molecule has 28 heavy (non-hydrogen) atoms. The second-order valence-corrected chi connectivity index (χ2v) is 8.24. The van der Waals surface area contributed by atoms with Crippen LogP contribution in [0.3, 0.4) is 0 Å². The van der Waals surface area contributed by atoms with Crippen LogP contribution >= 0.6 is 0 Å². The summed E-state index contributed by atoms with van der Waals surface area (Å²) in [6, 6.07) is 14.0. The first-order valence-corrected chi connectivity index (χ1v) is 10.3. The normalized spacial score (nSPS) is 12.8. The molecule has 148 valence electrons. The van der Waals surface area contributed by atoms with Crippen molar-refractivity contribution in [3.05, 3.63) is 65.4 Å². The molecule has 1 heterocycles. The number of carboxylic acid groups (broad SMARTS) is 1. The Morgan fingerprint density at radius 1 is 1.18 bits per heavy atom. The molecule has 8 heteroatoms. The van der Waals surface area contributed by atoms with Crippen molar-refractivity contribution in [2.45, 2.75) is 32.2 Å². The largest absolute Gasteiger partial charge is 0.479 e. The van der Waals surface area contributed by atoms with E-state index in [2.05, 4.69) is 4.72 Å². The van der Waals surface area contributed by atoms with Gasteiger partial charge in [-0.3, -0.25) is 0 Å². The Balaban J connectivity index is 1.82. The maximum Gasteiger partial charge on any atom is 0.344 e. The molecule has 0 aliphatic rings. The highest BCUT2D eigenvalue weighted by atomic mass is 32.2. The summed E-state index contributed by atoms with van der Waals surface area (Å²) in [6.45, 7) is 3.22. The van der Waals surface area contributed by atoms with Crippen LogP contribution < -0.4 is 9.46 Å². The minimum absolute atomic E-state index is 0.0614. The van der Waals surface area contributed by atoms with Crippen LogP contribution in [0.15, 0.2) is 52.9 Å². The fourth-order valence-electron chi connectivity index (χ4n) is 2.84. The van der Waals surface area contributed by atoms with E-state index in [0.717, 1.165) is 0 Å². The van der Waals surface area contributed by atoms with Gasteiger partial charge in [0.05, 0.1) is 5.75 Å². The summed E-state index contributed by atoms with van der Waals surface area (Å²) in [5.74, 6) is -0.368. The van der Waals surface area contributed by atoms with Crippen LogP contribution in [0.4, 0.5) is 0 Å². The van der Waals surface area contributed by atoms with Crippen LogP contribution in [0.25, 0.3) is 11.0 Å². The van der Waals surface area contributed by atoms with Crippen LogP contribution in [-0.2, 0) is 27.1 Å². The molecule has 2 N–H and O–H groups in total. The van der Waals surface area contributed by atoms with Gasteiger partial charge >= 0.3 is 5.97 Å². The zero-order chi connectivity index (χ0) is 20.3. The molecule has 2 aromatic carbocycles. The third-order valence-corrected chi connectivity index (χ3v) is 5.60. The zero-order valence-corrected chi connectivity index (χ0v) is 16.3. The van der Waals surface area contributed by atoms with E-state index < -0.39 is 22.1 Å². The summed E-state index contributed by atoms with van der Waals surface area (Å²) in [7, 11) is -3.54. The summed E-state index contributed by atoms with van der Waals surface area (Å²) >= 11 is 0. The number of carboxylic acids is 1. The summed E-state index contributed by atoms with van der Waals surface area (Å²) in [5, 5.41) is 9.71. The number of fused-ring (bicyclic) bond motifs is 1. The van der Waals surface area contributed by atoms with Crippen molar-refractivity contribution in [2.75, 3.05) is 0 Å². The number of furan rings is 1. The molecule has 0 saturated heterocycles. The quantitative estimate of drug-likeness (QED) is 0.598. The number of para-hydroxylation sites is 1. The van der Waals surface area contributed by atoms with Crippen molar-refractivity contribution in [1.29, 1.82) is 0 Å². The van der Waals surface area contributed by atoms with Crippen LogP contribution in [0.5, 0.6) is 5.75 Å². The van der Waals surface area contributed by atoms with Gasteiger partial charge in [-0.15, -0.1) is 0 Å². The summed E-state index contributed by atoms with van der Waals surface area (Å²) in [4.78, 5) is 11.0. The number of aliphatic carboxylic acids is 1. The van der Waals surface area contributed by atoms with E-state index in [4.69, 9.17) is 14.3 Å².